The van der Waals surface area contributed by atoms with Crippen molar-refractivity contribution >= 4 is 17.7 Å². The number of ether oxygens (including phenoxy) is 2. The van der Waals surface area contributed by atoms with E-state index < -0.39 is 6.61 Å². The van der Waals surface area contributed by atoms with E-state index >= 15 is 0 Å². The van der Waals surface area contributed by atoms with Gasteiger partial charge < -0.3 is 14.8 Å². The summed E-state index contributed by atoms with van der Waals surface area (Å²) in [5, 5.41) is 2.80. The van der Waals surface area contributed by atoms with Crippen LogP contribution in [0.4, 0.5) is 8.78 Å². The van der Waals surface area contributed by atoms with Crippen molar-refractivity contribution < 1.29 is 23.0 Å². The highest BCUT2D eigenvalue weighted by molar-refractivity contribution is 7.99. The first kappa shape index (κ1) is 20.0. The number of benzene rings is 2. The third kappa shape index (κ3) is 6.55. The largest absolute Gasteiger partial charge is 0.493 e. The molecule has 0 aliphatic rings. The Balaban J connectivity index is 1.78. The van der Waals surface area contributed by atoms with Gasteiger partial charge in [0.25, 0.3) is 0 Å². The number of carbonyl (C=O) groups excluding carboxylic acids is 1. The predicted molar refractivity (Wildman–Crippen MR) is 98.8 cm³/mol. The van der Waals surface area contributed by atoms with Gasteiger partial charge in [0.15, 0.2) is 11.5 Å². The molecule has 1 N–H and O–H groups in total. The van der Waals surface area contributed by atoms with Gasteiger partial charge in [-0.1, -0.05) is 35.9 Å². The fourth-order valence-corrected chi connectivity index (χ4v) is 3.03. The van der Waals surface area contributed by atoms with E-state index in [2.05, 4.69) is 22.2 Å². The predicted octanol–water partition coefficient (Wildman–Crippen LogP) is 4.15. The maximum Gasteiger partial charge on any atom is 0.387 e. The van der Waals surface area contributed by atoms with Gasteiger partial charge in [0.1, 0.15) is 0 Å². The van der Waals surface area contributed by atoms with Crippen molar-refractivity contribution in [2.45, 2.75) is 25.8 Å². The molecule has 0 unspecified atom stereocenters. The number of halogens is 2. The van der Waals surface area contributed by atoms with Gasteiger partial charge in [-0.3, -0.25) is 4.79 Å². The molecule has 2 aromatic rings. The quantitative estimate of drug-likeness (QED) is 0.709. The number of carbonyl (C=O) groups is 1. The minimum Gasteiger partial charge on any atom is -0.493 e. The first-order chi connectivity index (χ1) is 12.5. The van der Waals surface area contributed by atoms with E-state index in [0.29, 0.717) is 5.75 Å². The third-order valence-electron chi connectivity index (χ3n) is 3.56. The number of amides is 1. The number of aryl methyl sites for hydroxylation is 1. The first-order valence-electron chi connectivity index (χ1n) is 7.99. The van der Waals surface area contributed by atoms with Crippen LogP contribution in [0.25, 0.3) is 0 Å². The fourth-order valence-electron chi connectivity index (χ4n) is 2.21. The van der Waals surface area contributed by atoms with Crippen molar-refractivity contribution in [3.05, 3.63) is 59.2 Å². The molecule has 0 fully saturated rings. The van der Waals surface area contributed by atoms with Crippen LogP contribution >= 0.6 is 11.8 Å². The Kier molecular flexibility index (Phi) is 7.72. The van der Waals surface area contributed by atoms with E-state index in [-0.39, 0.29) is 24.0 Å². The van der Waals surface area contributed by atoms with E-state index in [4.69, 9.17) is 4.74 Å². The van der Waals surface area contributed by atoms with Crippen LogP contribution in [0.2, 0.25) is 0 Å². The molecule has 0 radical (unpaired) electrons. The maximum atomic E-state index is 12.3. The van der Waals surface area contributed by atoms with E-state index in [1.165, 1.54) is 36.1 Å². The molecule has 0 aliphatic carbocycles. The molecule has 0 spiro atoms. The van der Waals surface area contributed by atoms with Crippen LogP contribution in [-0.4, -0.2) is 25.4 Å². The summed E-state index contributed by atoms with van der Waals surface area (Å²) in [6, 6.07) is 12.8. The molecule has 0 heterocycles. The van der Waals surface area contributed by atoms with Crippen LogP contribution in [0.3, 0.4) is 0 Å². The molecular weight excluding hydrogens is 360 g/mol. The molecule has 0 bridgehead atoms. The summed E-state index contributed by atoms with van der Waals surface area (Å²) >= 11 is 1.53. The van der Waals surface area contributed by atoms with Crippen LogP contribution in [0.15, 0.2) is 42.5 Å². The van der Waals surface area contributed by atoms with Gasteiger partial charge in [-0.15, -0.1) is 11.8 Å². The zero-order chi connectivity index (χ0) is 18.9. The number of nitrogens with one attached hydrogen (secondary N) is 1. The number of methoxy groups -OCH3 is 1. The van der Waals surface area contributed by atoms with Crippen LogP contribution < -0.4 is 14.8 Å². The van der Waals surface area contributed by atoms with Gasteiger partial charge in [-0.2, -0.15) is 8.78 Å². The van der Waals surface area contributed by atoms with Gasteiger partial charge in [-0.05, 0) is 30.2 Å². The summed E-state index contributed by atoms with van der Waals surface area (Å²) in [6.45, 7) is -0.596. The second kappa shape index (κ2) is 10.0. The van der Waals surface area contributed by atoms with E-state index in [9.17, 15) is 13.6 Å². The fraction of sp³-hybridized carbons (Fsp3) is 0.316. The van der Waals surface area contributed by atoms with Crippen LogP contribution in [0, 0.1) is 6.92 Å². The molecule has 0 aromatic heterocycles. The molecule has 0 aliphatic heterocycles. The molecule has 2 aromatic carbocycles. The average Bonchev–Trinajstić information content (AvgIpc) is 2.62. The molecule has 140 valence electrons. The maximum absolute atomic E-state index is 12.3. The summed E-state index contributed by atoms with van der Waals surface area (Å²) in [5.41, 5.74) is 3.12. The normalized spacial score (nSPS) is 10.7. The number of hydrogen-bond acceptors (Lipinski definition) is 4. The lowest BCUT2D eigenvalue weighted by molar-refractivity contribution is -0.118. The molecule has 2 rings (SSSR count). The minimum atomic E-state index is -2.92. The lowest BCUT2D eigenvalue weighted by Gasteiger charge is -2.12. The zero-order valence-electron chi connectivity index (χ0n) is 14.6. The smallest absolute Gasteiger partial charge is 0.387 e. The van der Waals surface area contributed by atoms with Gasteiger partial charge >= 0.3 is 6.61 Å². The summed E-state index contributed by atoms with van der Waals surface area (Å²) in [7, 11) is 1.37. The van der Waals surface area contributed by atoms with Crippen molar-refractivity contribution in [1.29, 1.82) is 0 Å². The second-order valence-corrected chi connectivity index (χ2v) is 6.60. The number of rotatable bonds is 9. The topological polar surface area (TPSA) is 47.6 Å². The standard InChI is InChI=1S/C19H21F2NO3S/c1-13-3-5-14(6-4-13)11-26-12-18(23)22-10-15-7-8-16(25-19(20)21)17(9-15)24-2/h3-9,19H,10-12H2,1-2H3,(H,22,23). The van der Waals surface area contributed by atoms with Crippen molar-refractivity contribution in [2.24, 2.45) is 0 Å². The Hall–Kier alpha value is -2.28. The first-order valence-corrected chi connectivity index (χ1v) is 9.15. The number of thioether (sulfide) groups is 1. The molecule has 1 amide bonds. The minimum absolute atomic E-state index is 0.0359. The van der Waals surface area contributed by atoms with Gasteiger partial charge in [0.05, 0.1) is 12.9 Å². The van der Waals surface area contributed by atoms with Crippen LogP contribution in [0.5, 0.6) is 11.5 Å². The van der Waals surface area contributed by atoms with E-state index in [1.807, 2.05) is 19.1 Å². The highest BCUT2D eigenvalue weighted by Crippen LogP contribution is 2.29. The van der Waals surface area contributed by atoms with Crippen LogP contribution in [-0.2, 0) is 17.1 Å². The Morgan fingerprint density at radius 2 is 1.81 bits per heavy atom. The highest BCUT2D eigenvalue weighted by atomic mass is 32.2. The molecule has 0 saturated heterocycles. The zero-order valence-corrected chi connectivity index (χ0v) is 15.4. The van der Waals surface area contributed by atoms with E-state index in [0.717, 1.165) is 11.3 Å². The lowest BCUT2D eigenvalue weighted by Crippen LogP contribution is -2.24. The Bertz CT molecular complexity index is 723. The Morgan fingerprint density at radius 1 is 1.12 bits per heavy atom. The highest BCUT2D eigenvalue weighted by Gasteiger charge is 2.11. The molecule has 0 saturated carbocycles. The molecule has 7 heteroatoms. The average molecular weight is 381 g/mol. The second-order valence-electron chi connectivity index (χ2n) is 5.62. The van der Waals surface area contributed by atoms with Gasteiger partial charge in [0.2, 0.25) is 5.91 Å². The summed E-state index contributed by atoms with van der Waals surface area (Å²) < 4.78 is 34.0. The summed E-state index contributed by atoms with van der Waals surface area (Å²) in [6.07, 6.45) is 0. The van der Waals surface area contributed by atoms with Gasteiger partial charge in [-0.25, -0.2) is 0 Å². The van der Waals surface area contributed by atoms with Crippen molar-refractivity contribution in [3.63, 3.8) is 0 Å². The molecule has 4 nitrogen and oxygen atoms in total. The van der Waals surface area contributed by atoms with Crippen molar-refractivity contribution in [1.82, 2.24) is 5.32 Å². The third-order valence-corrected chi connectivity index (χ3v) is 4.56. The molecule has 0 atom stereocenters. The summed E-state index contributed by atoms with van der Waals surface area (Å²) in [4.78, 5) is 11.9. The Morgan fingerprint density at radius 3 is 2.46 bits per heavy atom. The van der Waals surface area contributed by atoms with Crippen molar-refractivity contribution in [2.75, 3.05) is 12.9 Å². The lowest BCUT2D eigenvalue weighted by atomic mass is 10.2. The van der Waals surface area contributed by atoms with E-state index in [1.54, 1.807) is 12.1 Å². The number of alkyl halides is 2. The van der Waals surface area contributed by atoms with Gasteiger partial charge in [0, 0.05) is 12.3 Å². The van der Waals surface area contributed by atoms with Crippen molar-refractivity contribution in [3.8, 4) is 11.5 Å². The molecular formula is C19H21F2NO3S. The Labute approximate surface area is 155 Å². The summed E-state index contributed by atoms with van der Waals surface area (Å²) in [5.74, 6) is 1.18. The monoisotopic (exact) mass is 381 g/mol. The SMILES string of the molecule is COc1cc(CNC(=O)CSCc2ccc(C)cc2)ccc1OC(F)F. The molecule has 26 heavy (non-hydrogen) atoms. The van der Waals surface area contributed by atoms with Crippen LogP contribution in [0.1, 0.15) is 16.7 Å². The number of hydrogen-bond donors (Lipinski definition) is 1.